The smallest absolute Gasteiger partial charge is 0.242 e. The Bertz CT molecular complexity index is 676. The maximum absolute atomic E-state index is 12.2. The second kappa shape index (κ2) is 6.10. The van der Waals surface area contributed by atoms with Crippen LogP contribution < -0.4 is 16.2 Å². The van der Waals surface area contributed by atoms with Gasteiger partial charge < -0.3 is 9.88 Å². The monoisotopic (exact) mass is 300 g/mol. The third-order valence-corrected chi connectivity index (χ3v) is 4.01. The van der Waals surface area contributed by atoms with Crippen LogP contribution in [0, 0.1) is 5.92 Å². The Morgan fingerprint density at radius 1 is 1.36 bits per heavy atom. The number of rotatable bonds is 4. The molecule has 2 heterocycles. The molecule has 1 aromatic carbocycles. The Morgan fingerprint density at radius 2 is 2.18 bits per heavy atom. The zero-order valence-electron chi connectivity index (χ0n) is 13.4. The largest absolute Gasteiger partial charge is 0.347 e. The van der Waals surface area contributed by atoms with Crippen LogP contribution in [0.3, 0.4) is 0 Å². The molecule has 118 valence electrons. The lowest BCUT2D eigenvalue weighted by atomic mass is 10.1. The summed E-state index contributed by atoms with van der Waals surface area (Å²) in [5, 5.41) is 4.15. The fraction of sp³-hybridized carbons (Fsp3) is 0.471. The molecule has 1 aromatic heterocycles. The molecule has 3 N–H and O–H groups in total. The predicted octanol–water partition coefficient (Wildman–Crippen LogP) is 2.49. The van der Waals surface area contributed by atoms with Gasteiger partial charge in [0, 0.05) is 35.4 Å². The fourth-order valence-electron chi connectivity index (χ4n) is 2.95. The lowest BCUT2D eigenvalue weighted by Gasteiger charge is -2.12. The number of hydrazine groups is 1. The van der Waals surface area contributed by atoms with Crippen LogP contribution in [-0.4, -0.2) is 22.6 Å². The summed E-state index contributed by atoms with van der Waals surface area (Å²) < 4.78 is 2.26. The van der Waals surface area contributed by atoms with Crippen molar-refractivity contribution in [2.75, 3.05) is 5.32 Å². The highest BCUT2D eigenvalue weighted by molar-refractivity contribution is 5.97. The molecule has 3 rings (SSSR count). The number of nitrogens with one attached hydrogen (secondary N) is 3. The summed E-state index contributed by atoms with van der Waals surface area (Å²) in [5.74, 6) is 0.621. The summed E-state index contributed by atoms with van der Waals surface area (Å²) in [7, 11) is 0. The first-order chi connectivity index (χ1) is 10.5. The normalized spacial score (nSPS) is 21.6. The molecule has 0 aliphatic carbocycles. The number of aromatic nitrogens is 1. The van der Waals surface area contributed by atoms with Crippen LogP contribution in [0.15, 0.2) is 30.5 Å². The van der Waals surface area contributed by atoms with Crippen molar-refractivity contribution in [2.45, 2.75) is 45.8 Å². The van der Waals surface area contributed by atoms with Gasteiger partial charge in [0.2, 0.25) is 5.91 Å². The minimum Gasteiger partial charge on any atom is -0.347 e. The van der Waals surface area contributed by atoms with E-state index in [2.05, 4.69) is 59.8 Å². The molecule has 0 radical (unpaired) electrons. The van der Waals surface area contributed by atoms with Crippen LogP contribution in [0.1, 0.15) is 27.2 Å². The van der Waals surface area contributed by atoms with E-state index in [0.29, 0.717) is 12.0 Å². The Kier molecular flexibility index (Phi) is 4.18. The van der Waals surface area contributed by atoms with Gasteiger partial charge >= 0.3 is 0 Å². The third-order valence-electron chi connectivity index (χ3n) is 4.01. The Hall–Kier alpha value is -1.85. The van der Waals surface area contributed by atoms with E-state index in [9.17, 15) is 4.79 Å². The highest BCUT2D eigenvalue weighted by Crippen LogP contribution is 2.22. The van der Waals surface area contributed by atoms with Gasteiger partial charge in [-0.15, -0.1) is 0 Å². The van der Waals surface area contributed by atoms with Crippen LogP contribution in [0.25, 0.3) is 10.9 Å². The molecular weight excluding hydrogens is 276 g/mol. The third kappa shape index (κ3) is 3.15. The maximum Gasteiger partial charge on any atom is 0.242 e. The first kappa shape index (κ1) is 15.1. The number of carbonyl (C=O) groups excluding carboxylic acids is 1. The topological polar surface area (TPSA) is 58.1 Å². The molecule has 1 saturated heterocycles. The number of hydrogen-bond donors (Lipinski definition) is 3. The number of fused-ring (bicyclic) bond motifs is 1. The van der Waals surface area contributed by atoms with Crippen LogP contribution in [0.2, 0.25) is 0 Å². The Morgan fingerprint density at radius 3 is 2.86 bits per heavy atom. The summed E-state index contributed by atoms with van der Waals surface area (Å²) >= 11 is 0. The molecule has 1 amide bonds. The van der Waals surface area contributed by atoms with Crippen molar-refractivity contribution in [1.82, 2.24) is 15.4 Å². The predicted molar refractivity (Wildman–Crippen MR) is 89.5 cm³/mol. The summed E-state index contributed by atoms with van der Waals surface area (Å²) in [6, 6.07) is 8.35. The van der Waals surface area contributed by atoms with Gasteiger partial charge in [-0.25, -0.2) is 5.43 Å². The fourth-order valence-corrected chi connectivity index (χ4v) is 2.95. The molecule has 2 aromatic rings. The zero-order chi connectivity index (χ0) is 15.7. The molecule has 0 saturated carbocycles. The number of carbonyl (C=O) groups is 1. The number of hydrogen-bond acceptors (Lipinski definition) is 3. The Balaban J connectivity index is 1.74. The van der Waals surface area contributed by atoms with Gasteiger partial charge in [0.1, 0.15) is 6.04 Å². The number of nitrogens with zero attached hydrogens (tertiary/aromatic N) is 1. The first-order valence-electron chi connectivity index (χ1n) is 7.94. The molecular formula is C17H24N4O. The quantitative estimate of drug-likeness (QED) is 0.813. The van der Waals surface area contributed by atoms with Crippen molar-refractivity contribution >= 4 is 22.5 Å². The van der Waals surface area contributed by atoms with Gasteiger partial charge in [0.15, 0.2) is 0 Å². The van der Waals surface area contributed by atoms with Gasteiger partial charge in [-0.05, 0) is 43.5 Å². The lowest BCUT2D eigenvalue weighted by Crippen LogP contribution is -2.39. The van der Waals surface area contributed by atoms with Crippen LogP contribution in [0.4, 0.5) is 5.69 Å². The first-order valence-corrected chi connectivity index (χ1v) is 7.94. The van der Waals surface area contributed by atoms with Crippen LogP contribution in [0.5, 0.6) is 0 Å². The van der Waals surface area contributed by atoms with Crippen molar-refractivity contribution in [3.05, 3.63) is 30.5 Å². The van der Waals surface area contributed by atoms with Crippen molar-refractivity contribution in [2.24, 2.45) is 5.92 Å². The lowest BCUT2D eigenvalue weighted by molar-refractivity contribution is -0.117. The summed E-state index contributed by atoms with van der Waals surface area (Å²) in [6.45, 7) is 7.49. The van der Waals surface area contributed by atoms with Crippen LogP contribution >= 0.6 is 0 Å². The highest BCUT2D eigenvalue weighted by atomic mass is 16.2. The standard InChI is InChI=1S/C17H24N4O/c1-11(2)10-21-7-6-13-9-14(4-5-16(13)21)18-17(22)15-8-12(3)19-20-15/h4-7,9,11-12,15,19-20H,8,10H2,1-3H3,(H,18,22). The summed E-state index contributed by atoms with van der Waals surface area (Å²) in [6.07, 6.45) is 2.92. The molecule has 1 fully saturated rings. The molecule has 2 unspecified atom stereocenters. The second-order valence-corrected chi connectivity index (χ2v) is 6.60. The average Bonchev–Trinajstić information content (AvgIpc) is 3.05. The van der Waals surface area contributed by atoms with Crippen molar-refractivity contribution in [3.63, 3.8) is 0 Å². The zero-order valence-corrected chi connectivity index (χ0v) is 13.4. The highest BCUT2D eigenvalue weighted by Gasteiger charge is 2.26. The van der Waals surface area contributed by atoms with E-state index in [1.54, 1.807) is 0 Å². The van der Waals surface area contributed by atoms with E-state index >= 15 is 0 Å². The molecule has 5 heteroatoms. The number of anilines is 1. The van der Waals surface area contributed by atoms with Gasteiger partial charge in [0.25, 0.3) is 0 Å². The van der Waals surface area contributed by atoms with Crippen molar-refractivity contribution < 1.29 is 4.79 Å². The molecule has 1 aliphatic rings. The number of amides is 1. The molecule has 22 heavy (non-hydrogen) atoms. The van der Waals surface area contributed by atoms with E-state index in [1.807, 2.05) is 12.1 Å². The van der Waals surface area contributed by atoms with Crippen molar-refractivity contribution in [1.29, 1.82) is 0 Å². The van der Waals surface area contributed by atoms with E-state index in [4.69, 9.17) is 0 Å². The molecule has 0 spiro atoms. The number of benzene rings is 1. The minimum absolute atomic E-state index is 0.0119. The molecule has 2 atom stereocenters. The van der Waals surface area contributed by atoms with Gasteiger partial charge in [-0.1, -0.05) is 13.8 Å². The summed E-state index contributed by atoms with van der Waals surface area (Å²) in [4.78, 5) is 12.2. The van der Waals surface area contributed by atoms with E-state index in [0.717, 1.165) is 24.0 Å². The van der Waals surface area contributed by atoms with Crippen LogP contribution in [-0.2, 0) is 11.3 Å². The Labute approximate surface area is 131 Å². The molecule has 5 nitrogen and oxygen atoms in total. The van der Waals surface area contributed by atoms with Gasteiger partial charge in [0.05, 0.1) is 0 Å². The van der Waals surface area contributed by atoms with E-state index in [1.165, 1.54) is 5.52 Å². The van der Waals surface area contributed by atoms with Gasteiger partial charge in [-0.3, -0.25) is 10.2 Å². The summed E-state index contributed by atoms with van der Waals surface area (Å²) in [5.41, 5.74) is 8.15. The average molecular weight is 300 g/mol. The second-order valence-electron chi connectivity index (χ2n) is 6.60. The molecule has 1 aliphatic heterocycles. The van der Waals surface area contributed by atoms with Gasteiger partial charge in [-0.2, -0.15) is 0 Å². The maximum atomic E-state index is 12.2. The van der Waals surface area contributed by atoms with E-state index in [-0.39, 0.29) is 11.9 Å². The minimum atomic E-state index is -0.170. The van der Waals surface area contributed by atoms with Crippen molar-refractivity contribution in [3.8, 4) is 0 Å². The van der Waals surface area contributed by atoms with E-state index < -0.39 is 0 Å². The SMILES string of the molecule is CC(C)Cn1ccc2cc(NC(=O)C3CC(C)NN3)ccc21. The molecule has 0 bridgehead atoms.